The average molecular weight is 278 g/mol. The van der Waals surface area contributed by atoms with Crippen molar-refractivity contribution in [2.24, 2.45) is 5.92 Å². The average Bonchev–Trinajstić information content (AvgIpc) is 3.07. The number of carbonyl (C=O) groups is 1. The summed E-state index contributed by atoms with van der Waals surface area (Å²) in [5, 5.41) is 2.72. The third-order valence-electron chi connectivity index (χ3n) is 2.79. The second-order valence-electron chi connectivity index (χ2n) is 3.92. The summed E-state index contributed by atoms with van der Waals surface area (Å²) in [7, 11) is 0. The minimum atomic E-state index is 0.0749. The zero-order chi connectivity index (χ0) is 11.5. The fraction of sp³-hybridized carbons (Fsp3) is 0.308. The first-order chi connectivity index (χ1) is 7.72. The van der Waals surface area contributed by atoms with Gasteiger partial charge in [0.15, 0.2) is 0 Å². The number of terminal acetylenes is 1. The second-order valence-corrected chi connectivity index (χ2v) is 4.84. The van der Waals surface area contributed by atoms with Gasteiger partial charge in [-0.05, 0) is 30.0 Å². The molecule has 2 rings (SSSR count). The van der Waals surface area contributed by atoms with Gasteiger partial charge < -0.3 is 5.32 Å². The summed E-state index contributed by atoms with van der Waals surface area (Å²) in [5.41, 5.74) is 1.23. The molecule has 16 heavy (non-hydrogen) atoms. The van der Waals surface area contributed by atoms with Crippen LogP contribution in [0.25, 0.3) is 0 Å². The quantitative estimate of drug-likeness (QED) is 0.845. The molecule has 82 valence electrons. The first-order valence-electron chi connectivity index (χ1n) is 5.19. The van der Waals surface area contributed by atoms with E-state index in [0.717, 1.165) is 10.9 Å². The highest BCUT2D eigenvalue weighted by molar-refractivity contribution is 9.10. The number of amides is 1. The van der Waals surface area contributed by atoms with Crippen LogP contribution in [0.4, 0.5) is 0 Å². The van der Waals surface area contributed by atoms with Crippen molar-refractivity contribution in [2.45, 2.75) is 12.3 Å². The fourth-order valence-electron chi connectivity index (χ4n) is 1.83. The van der Waals surface area contributed by atoms with E-state index in [1.807, 2.05) is 12.1 Å². The van der Waals surface area contributed by atoms with Crippen LogP contribution in [0, 0.1) is 18.3 Å². The number of nitrogens with one attached hydrogen (secondary N) is 1. The standard InChI is InChI=1S/C13H12BrNO/c1-2-7-15-13(16)12-8-11(12)9-3-5-10(14)6-4-9/h1,3-6,11-12H,7-8H2,(H,15,16)/t11-,12+/m0/s1. The molecule has 2 atom stereocenters. The Bertz CT molecular complexity index is 432. The molecule has 0 aliphatic heterocycles. The third-order valence-corrected chi connectivity index (χ3v) is 3.32. The molecule has 1 saturated carbocycles. The van der Waals surface area contributed by atoms with Crippen LogP contribution < -0.4 is 5.32 Å². The molecule has 1 aliphatic rings. The van der Waals surface area contributed by atoms with Crippen LogP contribution in [0.15, 0.2) is 28.7 Å². The van der Waals surface area contributed by atoms with E-state index in [4.69, 9.17) is 6.42 Å². The van der Waals surface area contributed by atoms with Crippen LogP contribution in [0.5, 0.6) is 0 Å². The smallest absolute Gasteiger partial charge is 0.224 e. The van der Waals surface area contributed by atoms with Gasteiger partial charge in [0.1, 0.15) is 0 Å². The monoisotopic (exact) mass is 277 g/mol. The summed E-state index contributed by atoms with van der Waals surface area (Å²) in [6.45, 7) is 0.322. The molecule has 1 aromatic rings. The van der Waals surface area contributed by atoms with Crippen molar-refractivity contribution in [3.63, 3.8) is 0 Å². The molecule has 1 aliphatic carbocycles. The van der Waals surface area contributed by atoms with Crippen LogP contribution >= 0.6 is 15.9 Å². The summed E-state index contributed by atoms with van der Waals surface area (Å²) in [4.78, 5) is 11.6. The SMILES string of the molecule is C#CCNC(=O)[C@@H]1C[C@H]1c1ccc(Br)cc1. The maximum Gasteiger partial charge on any atom is 0.224 e. The van der Waals surface area contributed by atoms with Crippen molar-refractivity contribution in [1.82, 2.24) is 5.32 Å². The maximum atomic E-state index is 11.6. The minimum absolute atomic E-state index is 0.0749. The highest BCUT2D eigenvalue weighted by Crippen LogP contribution is 2.47. The molecule has 0 unspecified atom stereocenters. The van der Waals surface area contributed by atoms with Gasteiger partial charge in [-0.25, -0.2) is 0 Å². The number of hydrogen-bond donors (Lipinski definition) is 1. The Labute approximate surface area is 104 Å². The summed E-state index contributed by atoms with van der Waals surface area (Å²) in [6.07, 6.45) is 6.02. The third kappa shape index (κ3) is 2.45. The van der Waals surface area contributed by atoms with E-state index in [0.29, 0.717) is 12.5 Å². The van der Waals surface area contributed by atoms with Crippen LogP contribution in [-0.4, -0.2) is 12.5 Å². The van der Waals surface area contributed by atoms with Crippen LogP contribution in [0.1, 0.15) is 17.9 Å². The van der Waals surface area contributed by atoms with Gasteiger partial charge in [-0.2, -0.15) is 0 Å². The zero-order valence-corrected chi connectivity index (χ0v) is 10.3. The molecule has 0 spiro atoms. The number of benzene rings is 1. The Morgan fingerprint density at radius 3 is 2.81 bits per heavy atom. The summed E-state index contributed by atoms with van der Waals surface area (Å²) < 4.78 is 1.06. The topological polar surface area (TPSA) is 29.1 Å². The fourth-order valence-corrected chi connectivity index (χ4v) is 2.10. The molecular weight excluding hydrogens is 266 g/mol. The number of rotatable bonds is 3. The molecule has 1 N–H and O–H groups in total. The van der Waals surface area contributed by atoms with Crippen molar-refractivity contribution in [3.8, 4) is 12.3 Å². The predicted molar refractivity (Wildman–Crippen MR) is 66.8 cm³/mol. The number of hydrogen-bond acceptors (Lipinski definition) is 1. The largest absolute Gasteiger partial charge is 0.345 e. The molecule has 0 aromatic heterocycles. The van der Waals surface area contributed by atoms with E-state index < -0.39 is 0 Å². The molecule has 1 fully saturated rings. The zero-order valence-electron chi connectivity index (χ0n) is 8.74. The van der Waals surface area contributed by atoms with Crippen molar-refractivity contribution in [3.05, 3.63) is 34.3 Å². The molecule has 0 bridgehead atoms. The van der Waals surface area contributed by atoms with Gasteiger partial charge in [-0.3, -0.25) is 4.79 Å². The van der Waals surface area contributed by atoms with Gasteiger partial charge in [0.25, 0.3) is 0 Å². The summed E-state index contributed by atoms with van der Waals surface area (Å²) >= 11 is 3.39. The lowest BCUT2D eigenvalue weighted by Crippen LogP contribution is -2.25. The molecule has 1 amide bonds. The van der Waals surface area contributed by atoms with E-state index in [1.165, 1.54) is 5.56 Å². The van der Waals surface area contributed by atoms with Crippen molar-refractivity contribution < 1.29 is 4.79 Å². The first-order valence-corrected chi connectivity index (χ1v) is 5.98. The lowest BCUT2D eigenvalue weighted by atomic mass is 10.1. The Kier molecular flexibility index (Phi) is 3.31. The van der Waals surface area contributed by atoms with Gasteiger partial charge in [0.2, 0.25) is 5.91 Å². The molecule has 0 heterocycles. The van der Waals surface area contributed by atoms with Crippen molar-refractivity contribution in [2.75, 3.05) is 6.54 Å². The van der Waals surface area contributed by atoms with Crippen LogP contribution in [0.3, 0.4) is 0 Å². The van der Waals surface area contributed by atoms with E-state index in [1.54, 1.807) is 0 Å². The maximum absolute atomic E-state index is 11.6. The van der Waals surface area contributed by atoms with E-state index in [2.05, 4.69) is 39.3 Å². The Balaban J connectivity index is 1.94. The van der Waals surface area contributed by atoms with Gasteiger partial charge in [0.05, 0.1) is 6.54 Å². The molecule has 0 radical (unpaired) electrons. The predicted octanol–water partition coefficient (Wildman–Crippen LogP) is 2.30. The molecule has 1 aromatic carbocycles. The molecule has 3 heteroatoms. The van der Waals surface area contributed by atoms with E-state index >= 15 is 0 Å². The molecule has 2 nitrogen and oxygen atoms in total. The summed E-state index contributed by atoms with van der Waals surface area (Å²) in [5.74, 6) is 2.95. The highest BCUT2D eigenvalue weighted by atomic mass is 79.9. The Morgan fingerprint density at radius 2 is 2.19 bits per heavy atom. The highest BCUT2D eigenvalue weighted by Gasteiger charge is 2.43. The second kappa shape index (κ2) is 4.71. The number of halogens is 1. The van der Waals surface area contributed by atoms with Gasteiger partial charge >= 0.3 is 0 Å². The molecule has 0 saturated heterocycles. The van der Waals surface area contributed by atoms with Gasteiger partial charge in [-0.1, -0.05) is 34.0 Å². The minimum Gasteiger partial charge on any atom is -0.345 e. The summed E-state index contributed by atoms with van der Waals surface area (Å²) in [6, 6.07) is 8.13. The first kappa shape index (κ1) is 11.2. The Morgan fingerprint density at radius 1 is 1.50 bits per heavy atom. The lowest BCUT2D eigenvalue weighted by Gasteiger charge is -2.01. The van der Waals surface area contributed by atoms with Crippen LogP contribution in [0.2, 0.25) is 0 Å². The normalized spacial score (nSPS) is 22.2. The van der Waals surface area contributed by atoms with E-state index in [-0.39, 0.29) is 11.8 Å². The van der Waals surface area contributed by atoms with Gasteiger partial charge in [0, 0.05) is 10.4 Å². The number of carbonyl (C=O) groups excluding carboxylic acids is 1. The Hall–Kier alpha value is -1.27. The van der Waals surface area contributed by atoms with Crippen molar-refractivity contribution >= 4 is 21.8 Å². The van der Waals surface area contributed by atoms with Crippen LogP contribution in [-0.2, 0) is 4.79 Å². The molecular formula is C13H12BrNO. The van der Waals surface area contributed by atoms with E-state index in [9.17, 15) is 4.79 Å². The van der Waals surface area contributed by atoms with Crippen molar-refractivity contribution in [1.29, 1.82) is 0 Å². The lowest BCUT2D eigenvalue weighted by molar-refractivity contribution is -0.122. The van der Waals surface area contributed by atoms with Gasteiger partial charge in [-0.15, -0.1) is 6.42 Å².